The Morgan fingerprint density at radius 3 is 1.27 bits per heavy atom. The molecule has 0 amide bonds. The van der Waals surface area contributed by atoms with Crippen molar-refractivity contribution in [1.82, 2.24) is 0 Å². The first kappa shape index (κ1) is 32.9. The molecule has 10 aromatic carbocycles. The van der Waals surface area contributed by atoms with Crippen LogP contribution in [0.15, 0.2) is 273 Å². The summed E-state index contributed by atoms with van der Waals surface area (Å²) in [6.07, 6.45) is 0. The summed E-state index contributed by atoms with van der Waals surface area (Å²) in [6, 6.07) is 83.9. The molecule has 0 bridgehead atoms. The van der Waals surface area contributed by atoms with Gasteiger partial charge in [-0.15, -0.1) is 0 Å². The van der Waals surface area contributed by atoms with Crippen LogP contribution < -0.4 is 25.6 Å². The zero-order valence-corrected chi connectivity index (χ0v) is 35.5. The van der Waals surface area contributed by atoms with E-state index in [9.17, 15) is 2.74 Å². The summed E-state index contributed by atoms with van der Waals surface area (Å²) in [4.78, 5) is 1.83. The van der Waals surface area contributed by atoms with Crippen LogP contribution in [0.2, 0.25) is 0 Å². The molecule has 0 unspecified atom stereocenters. The van der Waals surface area contributed by atoms with Gasteiger partial charge < -0.3 is 4.90 Å². The van der Waals surface area contributed by atoms with Crippen LogP contribution in [0.25, 0.3) is 22.3 Å². The fraction of sp³-hybridized carbons (Fsp3) is 0.0164. The minimum Gasteiger partial charge on any atom is -0.310 e. The molecule has 11 rings (SSSR count). The second kappa shape index (κ2) is 16.2. The Hall–Kier alpha value is -7.78. The molecule has 1 nitrogen and oxygen atoms in total. The number of benzene rings is 10. The number of hydrogen-bond acceptors (Lipinski definition) is 1. The number of anilines is 3. The van der Waals surface area contributed by atoms with Gasteiger partial charge in [0.2, 0.25) is 0 Å². The highest BCUT2D eigenvalue weighted by Crippen LogP contribution is 2.57. The third kappa shape index (κ3) is 6.38. The molecule has 0 aliphatic heterocycles. The van der Waals surface area contributed by atoms with Gasteiger partial charge in [-0.3, -0.25) is 0 Å². The summed E-state index contributed by atoms with van der Waals surface area (Å²) >= 11 is 0. The summed E-state index contributed by atoms with van der Waals surface area (Å²) in [5.74, 6) is 0. The van der Waals surface area contributed by atoms with Crippen LogP contribution in [0.1, 0.15) is 29.1 Å². The molecule has 0 saturated heterocycles. The third-order valence-corrected chi connectivity index (χ3v) is 17.6. The third-order valence-electron chi connectivity index (χ3n) is 12.8. The van der Waals surface area contributed by atoms with Gasteiger partial charge in [0.05, 0.1) is 12.3 Å². The molecule has 10 aromatic rings. The van der Waals surface area contributed by atoms with Gasteiger partial charge in [-0.1, -0.05) is 237 Å². The lowest BCUT2D eigenvalue weighted by Gasteiger charge is -2.35. The maximum Gasteiger partial charge on any atom is 0.179 e. The molecule has 1 aliphatic rings. The van der Waals surface area contributed by atoms with E-state index in [4.69, 9.17) is 4.11 Å². The van der Waals surface area contributed by atoms with E-state index in [1.807, 2.05) is 35.2 Å². The van der Waals surface area contributed by atoms with Gasteiger partial charge in [0.15, 0.2) is 8.07 Å². The zero-order valence-electron chi connectivity index (χ0n) is 39.5. The van der Waals surface area contributed by atoms with Gasteiger partial charge in [-0.25, -0.2) is 0 Å². The van der Waals surface area contributed by atoms with Gasteiger partial charge in [0, 0.05) is 17.1 Å². The second-order valence-electron chi connectivity index (χ2n) is 16.0. The smallest absolute Gasteiger partial charge is 0.179 e. The van der Waals surface area contributed by atoms with Crippen LogP contribution in [0.4, 0.5) is 17.1 Å². The van der Waals surface area contributed by atoms with E-state index in [0.717, 1.165) is 44.5 Å². The fourth-order valence-electron chi connectivity index (χ4n) is 10.1. The summed E-state index contributed by atoms with van der Waals surface area (Å²) in [5.41, 5.74) is 9.37. The first-order chi connectivity index (χ1) is 33.3. The Morgan fingerprint density at radius 2 is 0.746 bits per heavy atom. The molecule has 0 fully saturated rings. The molecule has 0 heterocycles. The normalized spacial score (nSPS) is 13.7. The van der Waals surface area contributed by atoms with E-state index in [0.29, 0.717) is 11.4 Å². The molecule has 63 heavy (non-hydrogen) atoms. The Balaban J connectivity index is 1.07. The Bertz CT molecular complexity index is 3260. The number of hydrogen-bond donors (Lipinski definition) is 0. The Labute approximate surface area is 378 Å². The Kier molecular flexibility index (Phi) is 8.49. The number of nitrogens with zero attached hydrogens (tertiary/aromatic N) is 1. The topological polar surface area (TPSA) is 3.24 Å². The maximum atomic E-state index is 9.29. The molecule has 2 heteroatoms. The average Bonchev–Trinajstić information content (AvgIpc) is 3.71. The number of fused-ring (bicyclic) bond motifs is 3. The van der Waals surface area contributed by atoms with E-state index in [1.165, 1.54) is 20.7 Å². The van der Waals surface area contributed by atoms with Crippen LogP contribution in [-0.4, -0.2) is 8.07 Å². The number of rotatable bonds is 10. The lowest BCUT2D eigenvalue weighted by atomic mass is 9.67. The zero-order chi connectivity index (χ0) is 46.4. The van der Waals surface area contributed by atoms with Crippen molar-refractivity contribution in [2.75, 3.05) is 4.90 Å². The van der Waals surface area contributed by atoms with Crippen LogP contribution in [0, 0.1) is 0 Å². The summed E-state index contributed by atoms with van der Waals surface area (Å²) < 4.78 is 44.7. The minimum absolute atomic E-state index is 0.0811. The molecule has 0 N–H and O–H groups in total. The quantitative estimate of drug-likeness (QED) is 0.0981. The first-order valence-electron chi connectivity index (χ1n) is 23.9. The van der Waals surface area contributed by atoms with Crippen molar-refractivity contribution in [2.45, 2.75) is 5.41 Å². The molecule has 0 atom stereocenters. The van der Waals surface area contributed by atoms with Gasteiger partial charge in [0.1, 0.15) is 0 Å². The molecular weight excluding hydrogens is 775 g/mol. The van der Waals surface area contributed by atoms with Crippen molar-refractivity contribution in [2.24, 2.45) is 0 Å². The average molecular weight is 825 g/mol. The molecule has 0 radical (unpaired) electrons. The molecular formula is C61H45NSi. The lowest BCUT2D eigenvalue weighted by molar-refractivity contribution is 0.768. The van der Waals surface area contributed by atoms with E-state index in [2.05, 4.69) is 212 Å². The van der Waals surface area contributed by atoms with E-state index in [1.54, 1.807) is 0 Å². The maximum absolute atomic E-state index is 9.29. The summed E-state index contributed by atoms with van der Waals surface area (Å²) in [6.45, 7) is 0. The van der Waals surface area contributed by atoms with Crippen molar-refractivity contribution >= 4 is 45.9 Å². The minimum atomic E-state index is -2.72. The van der Waals surface area contributed by atoms with Gasteiger partial charge in [-0.05, 0) is 102 Å². The van der Waals surface area contributed by atoms with E-state index < -0.39 is 19.5 Å². The Morgan fingerprint density at radius 1 is 0.333 bits per heavy atom. The van der Waals surface area contributed by atoms with Crippen LogP contribution in [-0.2, 0) is 5.41 Å². The van der Waals surface area contributed by atoms with Crippen molar-refractivity contribution in [3.63, 3.8) is 0 Å². The largest absolute Gasteiger partial charge is 0.310 e. The monoisotopic (exact) mass is 824 g/mol. The van der Waals surface area contributed by atoms with Crippen LogP contribution >= 0.6 is 0 Å². The standard InChI is InChI=1S/C61H45NSi/c1-7-21-48(22-8-1)61(49-23-9-2-10-24-49)59-34-20-19-33-57(59)58-44-41-52(45-60(58)61)62(50-25-11-3-12-26-50)51-39-35-46(36-40-51)47-37-42-56(43-38-47)63(53-27-13-4-14-28-53,54-29-15-5-16-30-54)55-31-17-6-18-32-55/h1-45H/i3D,11D,12D,25D,26D. The van der Waals surface area contributed by atoms with E-state index in [-0.39, 0.29) is 29.9 Å². The highest BCUT2D eigenvalue weighted by Gasteiger charge is 2.46. The molecule has 0 aromatic heterocycles. The first-order valence-corrected chi connectivity index (χ1v) is 23.4. The lowest BCUT2D eigenvalue weighted by Crippen LogP contribution is -2.74. The van der Waals surface area contributed by atoms with Crippen molar-refractivity contribution < 1.29 is 6.85 Å². The molecule has 0 saturated carbocycles. The van der Waals surface area contributed by atoms with Crippen molar-refractivity contribution in [3.05, 3.63) is 295 Å². The molecule has 298 valence electrons. The van der Waals surface area contributed by atoms with Gasteiger partial charge in [0.25, 0.3) is 0 Å². The predicted molar refractivity (Wildman–Crippen MR) is 267 cm³/mol. The van der Waals surface area contributed by atoms with Crippen LogP contribution in [0.5, 0.6) is 0 Å². The second-order valence-corrected chi connectivity index (χ2v) is 19.8. The summed E-state index contributed by atoms with van der Waals surface area (Å²) in [5, 5.41) is 5.20. The molecule has 1 aliphatic carbocycles. The van der Waals surface area contributed by atoms with Gasteiger partial charge >= 0.3 is 0 Å². The predicted octanol–water partition coefficient (Wildman–Crippen LogP) is 12.6. The fourth-order valence-corrected chi connectivity index (χ4v) is 14.9. The summed E-state index contributed by atoms with van der Waals surface area (Å²) in [7, 11) is -2.72. The highest BCUT2D eigenvalue weighted by atomic mass is 28.3. The van der Waals surface area contributed by atoms with E-state index >= 15 is 0 Å². The number of para-hydroxylation sites is 1. The van der Waals surface area contributed by atoms with Crippen molar-refractivity contribution in [1.29, 1.82) is 0 Å². The highest BCUT2D eigenvalue weighted by molar-refractivity contribution is 7.19. The van der Waals surface area contributed by atoms with Crippen molar-refractivity contribution in [3.8, 4) is 22.3 Å². The SMILES string of the molecule is [2H]c1c([2H])c([2H])c(N(c2ccc(-c3ccc([Si](c4ccccc4)(c4ccccc4)c4ccccc4)cc3)cc2)c2ccc3c(c2)C(c2ccccc2)(c2ccccc2)c2ccccc2-3)c([2H])c1[2H]. The van der Waals surface area contributed by atoms with Gasteiger partial charge in [-0.2, -0.15) is 0 Å². The van der Waals surface area contributed by atoms with Crippen LogP contribution in [0.3, 0.4) is 0 Å². The molecule has 0 spiro atoms.